The van der Waals surface area contributed by atoms with Crippen LogP contribution >= 0.6 is 0 Å². The first kappa shape index (κ1) is 27.5. The standard InChI is InChI=1S/C33H26F3N3O2S/c1-42(40,41)28-19-30(33(34,35)36)29-17-18-38(31(29)20-28)21-27-22-39(23-37-27)32(24-11-5-2-6-12-24,25-13-7-3-8-14-25)26-15-9-4-10-16-26/h2-20,22-23H,21H2,1H3. The summed E-state index contributed by atoms with van der Waals surface area (Å²) in [6, 6.07) is 33.5. The molecule has 0 aliphatic rings. The average molecular weight is 586 g/mol. The summed E-state index contributed by atoms with van der Waals surface area (Å²) in [6.07, 6.45) is 1.35. The Labute approximate surface area is 241 Å². The molecule has 2 aromatic heterocycles. The molecule has 42 heavy (non-hydrogen) atoms. The van der Waals surface area contributed by atoms with Gasteiger partial charge in [0.1, 0.15) is 5.54 Å². The van der Waals surface area contributed by atoms with Crippen LogP contribution in [0.5, 0.6) is 0 Å². The van der Waals surface area contributed by atoms with E-state index < -0.39 is 27.1 Å². The summed E-state index contributed by atoms with van der Waals surface area (Å²) in [6.45, 7) is 0.134. The maximum Gasteiger partial charge on any atom is 0.417 e. The van der Waals surface area contributed by atoms with Gasteiger partial charge in [-0.1, -0.05) is 91.0 Å². The lowest BCUT2D eigenvalue weighted by molar-refractivity contribution is -0.136. The molecule has 0 aliphatic carbocycles. The van der Waals surface area contributed by atoms with Crippen molar-refractivity contribution in [2.24, 2.45) is 0 Å². The molecule has 9 heteroatoms. The van der Waals surface area contributed by atoms with Gasteiger partial charge in [0.05, 0.1) is 34.5 Å². The quantitative estimate of drug-likeness (QED) is 0.187. The molecule has 2 heterocycles. The molecule has 0 saturated heterocycles. The number of hydrogen-bond acceptors (Lipinski definition) is 3. The molecule has 0 unspecified atom stereocenters. The highest BCUT2D eigenvalue weighted by Gasteiger charge is 2.38. The fraction of sp³-hybridized carbons (Fsp3) is 0.121. The number of benzene rings is 4. The molecular formula is C33H26F3N3O2S. The predicted molar refractivity (Wildman–Crippen MR) is 156 cm³/mol. The third-order valence-electron chi connectivity index (χ3n) is 7.53. The summed E-state index contributed by atoms with van der Waals surface area (Å²) >= 11 is 0. The second kappa shape index (κ2) is 10.3. The van der Waals surface area contributed by atoms with Crippen LogP contribution in [0, 0.1) is 0 Å². The molecule has 4 aromatic carbocycles. The normalized spacial score (nSPS) is 12.6. The minimum absolute atomic E-state index is 0.0680. The van der Waals surface area contributed by atoms with Crippen molar-refractivity contribution in [2.45, 2.75) is 23.2 Å². The Morgan fingerprint density at radius 3 is 1.76 bits per heavy atom. The van der Waals surface area contributed by atoms with Gasteiger partial charge in [0.15, 0.2) is 9.84 Å². The van der Waals surface area contributed by atoms with Crippen molar-refractivity contribution in [3.63, 3.8) is 0 Å². The number of aromatic nitrogens is 3. The van der Waals surface area contributed by atoms with Crippen molar-refractivity contribution in [1.82, 2.24) is 14.1 Å². The molecule has 5 nitrogen and oxygen atoms in total. The number of imidazole rings is 1. The van der Waals surface area contributed by atoms with E-state index in [2.05, 4.69) is 41.4 Å². The molecule has 0 atom stereocenters. The van der Waals surface area contributed by atoms with Crippen LogP contribution in [0.25, 0.3) is 10.9 Å². The lowest BCUT2D eigenvalue weighted by Crippen LogP contribution is -2.36. The van der Waals surface area contributed by atoms with Crippen molar-refractivity contribution in [3.05, 3.63) is 156 Å². The predicted octanol–water partition coefficient (Wildman–Crippen LogP) is 7.15. The molecule has 212 valence electrons. The van der Waals surface area contributed by atoms with E-state index in [1.807, 2.05) is 65.4 Å². The molecule has 6 rings (SSSR count). The number of alkyl halides is 3. The van der Waals surface area contributed by atoms with Gasteiger partial charge in [0, 0.05) is 24.0 Å². The first-order valence-electron chi connectivity index (χ1n) is 13.2. The number of rotatable bonds is 7. The number of halogens is 3. The van der Waals surface area contributed by atoms with E-state index in [0.717, 1.165) is 22.9 Å². The molecule has 6 aromatic rings. The molecule has 0 amide bonds. The number of sulfone groups is 1. The Morgan fingerprint density at radius 1 is 0.762 bits per heavy atom. The second-order valence-corrected chi connectivity index (χ2v) is 12.2. The first-order valence-corrected chi connectivity index (χ1v) is 15.1. The van der Waals surface area contributed by atoms with Gasteiger partial charge in [-0.25, -0.2) is 13.4 Å². The highest BCUT2D eigenvalue weighted by atomic mass is 32.2. The van der Waals surface area contributed by atoms with Gasteiger partial charge in [0.2, 0.25) is 0 Å². The Kier molecular flexibility index (Phi) is 6.77. The number of nitrogens with zero attached hydrogens (tertiary/aromatic N) is 3. The summed E-state index contributed by atoms with van der Waals surface area (Å²) in [5.74, 6) is 0. The maximum absolute atomic E-state index is 13.9. The summed E-state index contributed by atoms with van der Waals surface area (Å²) in [5.41, 5.74) is 2.00. The van der Waals surface area contributed by atoms with Gasteiger partial charge in [-0.3, -0.25) is 0 Å². The lowest BCUT2D eigenvalue weighted by Gasteiger charge is -2.37. The Bertz CT molecular complexity index is 1870. The largest absolute Gasteiger partial charge is 0.417 e. The molecule has 0 radical (unpaired) electrons. The number of fused-ring (bicyclic) bond motifs is 1. The molecule has 0 spiro atoms. The third kappa shape index (κ3) is 4.79. The van der Waals surface area contributed by atoms with Crippen molar-refractivity contribution in [3.8, 4) is 0 Å². The average Bonchev–Trinajstić information content (AvgIpc) is 3.61. The van der Waals surface area contributed by atoms with Gasteiger partial charge in [-0.15, -0.1) is 0 Å². The second-order valence-electron chi connectivity index (χ2n) is 10.2. The SMILES string of the molecule is CS(=O)(=O)c1cc(C(F)(F)F)c2ccn(Cc3cn(C(c4ccccc4)(c4ccccc4)c4ccccc4)cn3)c2c1. The monoisotopic (exact) mass is 585 g/mol. The molecule has 0 saturated carbocycles. The van der Waals surface area contributed by atoms with Crippen LogP contribution < -0.4 is 0 Å². The zero-order chi connectivity index (χ0) is 29.5. The van der Waals surface area contributed by atoms with E-state index in [1.165, 1.54) is 18.3 Å². The molecule has 0 aliphatic heterocycles. The van der Waals surface area contributed by atoms with Crippen LogP contribution in [0.1, 0.15) is 27.9 Å². The number of hydrogen-bond donors (Lipinski definition) is 0. The Hall–Kier alpha value is -4.63. The van der Waals surface area contributed by atoms with E-state index in [1.54, 1.807) is 10.9 Å². The van der Waals surface area contributed by atoms with E-state index in [9.17, 15) is 21.6 Å². The minimum Gasteiger partial charge on any atom is -0.341 e. The zero-order valence-corrected chi connectivity index (χ0v) is 23.3. The van der Waals surface area contributed by atoms with Crippen molar-refractivity contribution < 1.29 is 21.6 Å². The molecule has 0 bridgehead atoms. The van der Waals surface area contributed by atoms with Crippen molar-refractivity contribution in [1.29, 1.82) is 0 Å². The van der Waals surface area contributed by atoms with Gasteiger partial charge in [0.25, 0.3) is 0 Å². The van der Waals surface area contributed by atoms with Crippen LogP contribution in [-0.4, -0.2) is 28.8 Å². The Balaban J connectivity index is 1.52. The minimum atomic E-state index is -4.71. The highest BCUT2D eigenvalue weighted by molar-refractivity contribution is 7.90. The van der Waals surface area contributed by atoms with Crippen molar-refractivity contribution >= 4 is 20.7 Å². The van der Waals surface area contributed by atoms with Crippen LogP contribution in [0.2, 0.25) is 0 Å². The summed E-state index contributed by atoms with van der Waals surface area (Å²) in [7, 11) is -3.88. The van der Waals surface area contributed by atoms with E-state index in [4.69, 9.17) is 0 Å². The van der Waals surface area contributed by atoms with E-state index in [0.29, 0.717) is 11.8 Å². The fourth-order valence-corrected chi connectivity index (χ4v) is 6.30. The summed E-state index contributed by atoms with van der Waals surface area (Å²) in [4.78, 5) is 4.30. The topological polar surface area (TPSA) is 56.9 Å². The van der Waals surface area contributed by atoms with Crippen LogP contribution in [0.3, 0.4) is 0 Å². The van der Waals surface area contributed by atoms with Gasteiger partial charge >= 0.3 is 6.18 Å². The van der Waals surface area contributed by atoms with Crippen LogP contribution in [0.4, 0.5) is 13.2 Å². The molecular weight excluding hydrogens is 559 g/mol. The fourth-order valence-electron chi connectivity index (χ4n) is 5.64. The molecule has 0 N–H and O–H groups in total. The maximum atomic E-state index is 13.9. The summed E-state index contributed by atoms with van der Waals surface area (Å²) < 4.78 is 69.9. The third-order valence-corrected chi connectivity index (χ3v) is 8.62. The highest BCUT2D eigenvalue weighted by Crippen LogP contribution is 2.41. The Morgan fingerprint density at radius 2 is 1.29 bits per heavy atom. The van der Waals surface area contributed by atoms with Gasteiger partial charge in [-0.2, -0.15) is 13.2 Å². The molecule has 0 fully saturated rings. The van der Waals surface area contributed by atoms with Gasteiger partial charge in [-0.05, 0) is 34.9 Å². The lowest BCUT2D eigenvalue weighted by atomic mass is 9.77. The van der Waals surface area contributed by atoms with E-state index in [-0.39, 0.29) is 22.3 Å². The van der Waals surface area contributed by atoms with Crippen LogP contribution in [-0.2, 0) is 28.1 Å². The summed E-state index contributed by atoms with van der Waals surface area (Å²) in [5, 5.41) is -0.0680. The zero-order valence-electron chi connectivity index (χ0n) is 22.5. The first-order chi connectivity index (χ1) is 20.1. The van der Waals surface area contributed by atoms with Crippen molar-refractivity contribution in [2.75, 3.05) is 6.26 Å². The van der Waals surface area contributed by atoms with Gasteiger partial charge < -0.3 is 9.13 Å². The van der Waals surface area contributed by atoms with E-state index >= 15 is 0 Å². The smallest absolute Gasteiger partial charge is 0.341 e. The van der Waals surface area contributed by atoms with Crippen LogP contribution in [0.15, 0.2) is 133 Å².